The number of nitrogen functional groups attached to an aromatic ring is 1. The Morgan fingerprint density at radius 1 is 1.47 bits per heavy atom. The van der Waals surface area contributed by atoms with Crippen molar-refractivity contribution in [3.05, 3.63) is 29.7 Å². The fraction of sp³-hybridized carbons (Fsp3) is 0.273. The van der Waals surface area contributed by atoms with E-state index in [0.717, 1.165) is 0 Å². The first-order valence-corrected chi connectivity index (χ1v) is 5.21. The molecule has 0 aliphatic heterocycles. The zero-order chi connectivity index (χ0) is 12.4. The van der Waals surface area contributed by atoms with Crippen LogP contribution in [0.2, 0.25) is 0 Å². The SMILES string of the molecule is CCc1c(N)nnn1-c1cc(OC)ccc1F. The van der Waals surface area contributed by atoms with E-state index in [2.05, 4.69) is 10.3 Å². The molecule has 0 amide bonds. The fourth-order valence-corrected chi connectivity index (χ4v) is 1.62. The molecule has 6 heteroatoms. The van der Waals surface area contributed by atoms with Gasteiger partial charge in [0.25, 0.3) is 0 Å². The zero-order valence-electron chi connectivity index (χ0n) is 9.64. The minimum Gasteiger partial charge on any atom is -0.497 e. The number of hydrogen-bond donors (Lipinski definition) is 1. The molecule has 1 aromatic carbocycles. The van der Waals surface area contributed by atoms with E-state index in [1.807, 2.05) is 6.92 Å². The molecular formula is C11H13FN4O. The molecule has 0 radical (unpaired) electrons. The molecule has 1 heterocycles. The average molecular weight is 236 g/mol. The number of benzene rings is 1. The Morgan fingerprint density at radius 2 is 2.24 bits per heavy atom. The molecule has 0 fully saturated rings. The summed E-state index contributed by atoms with van der Waals surface area (Å²) in [6.45, 7) is 1.91. The Kier molecular flexibility index (Phi) is 2.95. The first kappa shape index (κ1) is 11.4. The third-order valence-corrected chi connectivity index (χ3v) is 2.51. The van der Waals surface area contributed by atoms with Gasteiger partial charge in [-0.2, -0.15) is 0 Å². The third-order valence-electron chi connectivity index (χ3n) is 2.51. The summed E-state index contributed by atoms with van der Waals surface area (Å²) in [5.74, 6) is 0.470. The molecule has 0 aliphatic rings. The molecule has 2 rings (SSSR count). The largest absolute Gasteiger partial charge is 0.497 e. The van der Waals surface area contributed by atoms with Gasteiger partial charge in [-0.05, 0) is 18.6 Å². The smallest absolute Gasteiger partial charge is 0.169 e. The summed E-state index contributed by atoms with van der Waals surface area (Å²) in [7, 11) is 1.52. The summed E-state index contributed by atoms with van der Waals surface area (Å²) in [6.07, 6.45) is 0.621. The maximum atomic E-state index is 13.7. The van der Waals surface area contributed by atoms with Gasteiger partial charge in [0.2, 0.25) is 0 Å². The molecule has 2 N–H and O–H groups in total. The molecule has 0 spiro atoms. The Hall–Kier alpha value is -2.11. The lowest BCUT2D eigenvalue weighted by Gasteiger charge is -2.08. The Bertz CT molecular complexity index is 538. The quantitative estimate of drug-likeness (QED) is 0.878. The number of nitrogens with zero attached hydrogens (tertiary/aromatic N) is 3. The highest BCUT2D eigenvalue weighted by Gasteiger charge is 2.14. The summed E-state index contributed by atoms with van der Waals surface area (Å²) < 4.78 is 20.2. The highest BCUT2D eigenvalue weighted by atomic mass is 19.1. The fourth-order valence-electron chi connectivity index (χ4n) is 1.62. The summed E-state index contributed by atoms with van der Waals surface area (Å²) >= 11 is 0. The van der Waals surface area contributed by atoms with Crippen molar-refractivity contribution in [1.82, 2.24) is 15.0 Å². The van der Waals surface area contributed by atoms with E-state index >= 15 is 0 Å². The molecule has 0 saturated heterocycles. The van der Waals surface area contributed by atoms with Crippen molar-refractivity contribution in [3.8, 4) is 11.4 Å². The van der Waals surface area contributed by atoms with E-state index < -0.39 is 5.82 Å². The van der Waals surface area contributed by atoms with Crippen LogP contribution in [0.5, 0.6) is 5.75 Å². The van der Waals surface area contributed by atoms with Gasteiger partial charge in [-0.15, -0.1) is 5.10 Å². The van der Waals surface area contributed by atoms with Crippen molar-refractivity contribution in [3.63, 3.8) is 0 Å². The first-order valence-electron chi connectivity index (χ1n) is 5.21. The Labute approximate surface area is 98.0 Å². The second-order valence-electron chi connectivity index (χ2n) is 3.50. The van der Waals surface area contributed by atoms with Crippen LogP contribution in [0.1, 0.15) is 12.6 Å². The summed E-state index contributed by atoms with van der Waals surface area (Å²) in [5.41, 5.74) is 6.62. The van der Waals surface area contributed by atoms with Gasteiger partial charge in [-0.3, -0.25) is 0 Å². The average Bonchev–Trinajstić information content (AvgIpc) is 2.71. The van der Waals surface area contributed by atoms with E-state index in [4.69, 9.17) is 10.5 Å². The van der Waals surface area contributed by atoms with E-state index in [9.17, 15) is 4.39 Å². The van der Waals surface area contributed by atoms with Gasteiger partial charge < -0.3 is 10.5 Å². The molecule has 0 saturated carbocycles. The summed E-state index contributed by atoms with van der Waals surface area (Å²) in [6, 6.07) is 4.43. The third kappa shape index (κ3) is 1.93. The summed E-state index contributed by atoms with van der Waals surface area (Å²) in [5, 5.41) is 7.58. The first-order chi connectivity index (χ1) is 8.17. The van der Waals surface area contributed by atoms with Crippen LogP contribution in [0, 0.1) is 5.82 Å². The van der Waals surface area contributed by atoms with E-state index in [1.165, 1.54) is 17.9 Å². The Morgan fingerprint density at radius 3 is 2.88 bits per heavy atom. The highest BCUT2D eigenvalue weighted by Crippen LogP contribution is 2.22. The predicted molar refractivity (Wildman–Crippen MR) is 61.7 cm³/mol. The van der Waals surface area contributed by atoms with Gasteiger partial charge >= 0.3 is 0 Å². The number of nitrogens with two attached hydrogens (primary N) is 1. The van der Waals surface area contributed by atoms with Crippen LogP contribution in [-0.4, -0.2) is 22.1 Å². The molecule has 90 valence electrons. The molecule has 0 atom stereocenters. The van der Waals surface area contributed by atoms with Crippen LogP contribution in [0.15, 0.2) is 18.2 Å². The monoisotopic (exact) mass is 236 g/mol. The number of methoxy groups -OCH3 is 1. The second-order valence-corrected chi connectivity index (χ2v) is 3.50. The van der Waals surface area contributed by atoms with Crippen molar-refractivity contribution in [1.29, 1.82) is 0 Å². The molecule has 5 nitrogen and oxygen atoms in total. The predicted octanol–water partition coefficient (Wildman–Crippen LogP) is 1.56. The number of rotatable bonds is 3. The van der Waals surface area contributed by atoms with Crippen molar-refractivity contribution in [2.75, 3.05) is 12.8 Å². The van der Waals surface area contributed by atoms with E-state index in [0.29, 0.717) is 23.7 Å². The van der Waals surface area contributed by atoms with Crippen LogP contribution in [0.3, 0.4) is 0 Å². The van der Waals surface area contributed by atoms with Crippen molar-refractivity contribution in [2.45, 2.75) is 13.3 Å². The molecule has 0 bridgehead atoms. The van der Waals surface area contributed by atoms with Gasteiger partial charge in [0.1, 0.15) is 17.3 Å². The topological polar surface area (TPSA) is 66.0 Å². The van der Waals surface area contributed by atoms with Crippen molar-refractivity contribution < 1.29 is 9.13 Å². The molecule has 17 heavy (non-hydrogen) atoms. The van der Waals surface area contributed by atoms with Gasteiger partial charge in [-0.1, -0.05) is 12.1 Å². The number of hydrogen-bond acceptors (Lipinski definition) is 4. The van der Waals surface area contributed by atoms with Crippen molar-refractivity contribution >= 4 is 5.82 Å². The normalized spacial score (nSPS) is 10.5. The molecule has 0 aliphatic carbocycles. The van der Waals surface area contributed by atoms with Gasteiger partial charge in [0, 0.05) is 6.07 Å². The highest BCUT2D eigenvalue weighted by molar-refractivity contribution is 5.45. The summed E-state index contributed by atoms with van der Waals surface area (Å²) in [4.78, 5) is 0. The maximum Gasteiger partial charge on any atom is 0.169 e. The van der Waals surface area contributed by atoms with Gasteiger partial charge in [0.05, 0.1) is 12.8 Å². The molecule has 0 unspecified atom stereocenters. The van der Waals surface area contributed by atoms with Crippen LogP contribution in [0.25, 0.3) is 5.69 Å². The van der Waals surface area contributed by atoms with Crippen LogP contribution in [0.4, 0.5) is 10.2 Å². The van der Waals surface area contributed by atoms with Gasteiger partial charge in [-0.25, -0.2) is 9.07 Å². The lowest BCUT2D eigenvalue weighted by atomic mass is 10.2. The molecule has 1 aromatic heterocycles. The van der Waals surface area contributed by atoms with E-state index in [1.54, 1.807) is 12.1 Å². The van der Waals surface area contributed by atoms with E-state index in [-0.39, 0.29) is 5.69 Å². The minimum atomic E-state index is -0.398. The van der Waals surface area contributed by atoms with Crippen LogP contribution < -0.4 is 10.5 Å². The Balaban J connectivity index is 2.59. The maximum absolute atomic E-state index is 13.7. The van der Waals surface area contributed by atoms with Crippen molar-refractivity contribution in [2.24, 2.45) is 0 Å². The standard InChI is InChI=1S/C11H13FN4O/c1-3-9-11(13)14-15-16(9)10-6-7(17-2)4-5-8(10)12/h4-6H,3,13H2,1-2H3. The molecule has 2 aromatic rings. The lowest BCUT2D eigenvalue weighted by Crippen LogP contribution is -2.05. The second kappa shape index (κ2) is 4.40. The molecular weight excluding hydrogens is 223 g/mol. The van der Waals surface area contributed by atoms with Crippen LogP contribution in [-0.2, 0) is 6.42 Å². The minimum absolute atomic E-state index is 0.283. The number of ether oxygens (including phenoxy) is 1. The number of halogens is 1. The van der Waals surface area contributed by atoms with Gasteiger partial charge in [0.15, 0.2) is 5.82 Å². The number of anilines is 1. The number of aromatic nitrogens is 3. The van der Waals surface area contributed by atoms with Crippen LogP contribution >= 0.6 is 0 Å². The lowest BCUT2D eigenvalue weighted by molar-refractivity contribution is 0.413. The zero-order valence-corrected chi connectivity index (χ0v) is 9.64.